The first kappa shape index (κ1) is 15.0. The zero-order valence-electron chi connectivity index (χ0n) is 13.1. The lowest BCUT2D eigenvalue weighted by molar-refractivity contribution is 0.0682. The Morgan fingerprint density at radius 3 is 3.09 bits per heavy atom. The van der Waals surface area contributed by atoms with Crippen molar-refractivity contribution < 1.29 is 9.47 Å². The molecule has 1 unspecified atom stereocenters. The van der Waals surface area contributed by atoms with Crippen LogP contribution in [0.3, 0.4) is 0 Å². The van der Waals surface area contributed by atoms with Crippen LogP contribution in [0, 0.1) is 6.92 Å². The molecule has 0 spiro atoms. The second-order valence-electron chi connectivity index (χ2n) is 5.69. The van der Waals surface area contributed by atoms with Gasteiger partial charge in [0.15, 0.2) is 0 Å². The molecule has 22 heavy (non-hydrogen) atoms. The zero-order chi connectivity index (χ0) is 15.4. The molecule has 2 aromatic rings. The van der Waals surface area contributed by atoms with Gasteiger partial charge in [-0.2, -0.15) is 5.10 Å². The van der Waals surface area contributed by atoms with Gasteiger partial charge in [0.1, 0.15) is 6.10 Å². The van der Waals surface area contributed by atoms with Gasteiger partial charge in [-0.3, -0.25) is 9.58 Å². The fraction of sp³-hybridized carbons (Fsp3) is 0.500. The lowest BCUT2D eigenvalue weighted by Gasteiger charge is -2.23. The summed E-state index contributed by atoms with van der Waals surface area (Å²) in [5.74, 6) is 0.664. The quantitative estimate of drug-likeness (QED) is 0.854. The van der Waals surface area contributed by atoms with Crippen LogP contribution in [0.2, 0.25) is 0 Å². The molecule has 1 aliphatic heterocycles. The van der Waals surface area contributed by atoms with E-state index in [2.05, 4.69) is 15.0 Å². The van der Waals surface area contributed by atoms with E-state index in [1.54, 1.807) is 0 Å². The molecule has 118 valence electrons. The van der Waals surface area contributed by atoms with Crippen LogP contribution in [0.15, 0.2) is 30.6 Å². The first-order chi connectivity index (χ1) is 10.7. The molecule has 3 heterocycles. The third kappa shape index (κ3) is 4.05. The molecule has 6 heteroatoms. The van der Waals surface area contributed by atoms with Gasteiger partial charge in [-0.1, -0.05) is 6.07 Å². The highest BCUT2D eigenvalue weighted by atomic mass is 16.5. The van der Waals surface area contributed by atoms with Crippen molar-refractivity contribution >= 4 is 0 Å². The average Bonchev–Trinajstić information content (AvgIpc) is 2.75. The normalized spacial score (nSPS) is 19.8. The van der Waals surface area contributed by atoms with Gasteiger partial charge in [0.2, 0.25) is 5.88 Å². The minimum Gasteiger partial charge on any atom is -0.471 e. The van der Waals surface area contributed by atoms with Crippen molar-refractivity contribution in [2.24, 2.45) is 7.05 Å². The number of pyridine rings is 1. The van der Waals surface area contributed by atoms with E-state index < -0.39 is 0 Å². The molecular weight excluding hydrogens is 280 g/mol. The topological polar surface area (TPSA) is 52.4 Å². The number of aromatic nitrogens is 3. The van der Waals surface area contributed by atoms with Gasteiger partial charge < -0.3 is 9.47 Å². The number of hydrogen-bond acceptors (Lipinski definition) is 5. The van der Waals surface area contributed by atoms with E-state index in [4.69, 9.17) is 9.47 Å². The first-order valence-electron chi connectivity index (χ1n) is 7.57. The molecule has 1 fully saturated rings. The summed E-state index contributed by atoms with van der Waals surface area (Å²) in [5.41, 5.74) is 2.16. The fourth-order valence-electron chi connectivity index (χ4n) is 2.62. The molecule has 0 radical (unpaired) electrons. The van der Waals surface area contributed by atoms with Gasteiger partial charge in [-0.15, -0.1) is 0 Å². The number of nitrogens with zero attached hydrogens (tertiary/aromatic N) is 4. The second kappa shape index (κ2) is 6.89. The molecule has 0 bridgehead atoms. The molecule has 0 N–H and O–H groups in total. The summed E-state index contributed by atoms with van der Waals surface area (Å²) in [6.45, 7) is 5.87. The van der Waals surface area contributed by atoms with Crippen LogP contribution in [0.5, 0.6) is 5.88 Å². The lowest BCUT2D eigenvalue weighted by Crippen LogP contribution is -2.35. The van der Waals surface area contributed by atoms with E-state index in [1.165, 1.54) is 5.56 Å². The molecule has 0 aliphatic carbocycles. The molecular formula is C16H22N4O2. The maximum absolute atomic E-state index is 5.99. The Kier molecular flexibility index (Phi) is 4.70. The largest absolute Gasteiger partial charge is 0.471 e. The van der Waals surface area contributed by atoms with E-state index in [0.717, 1.165) is 31.9 Å². The highest BCUT2D eigenvalue weighted by Gasteiger charge is 2.21. The van der Waals surface area contributed by atoms with Gasteiger partial charge in [0.25, 0.3) is 0 Å². The van der Waals surface area contributed by atoms with Gasteiger partial charge in [-0.05, 0) is 13.0 Å². The summed E-state index contributed by atoms with van der Waals surface area (Å²) in [4.78, 5) is 6.74. The minimum absolute atomic E-state index is 0.00604. The Morgan fingerprint density at radius 1 is 1.41 bits per heavy atom. The number of ether oxygens (including phenoxy) is 2. The monoisotopic (exact) mass is 302 g/mol. The van der Waals surface area contributed by atoms with E-state index in [0.29, 0.717) is 12.5 Å². The molecule has 3 rings (SSSR count). The summed E-state index contributed by atoms with van der Waals surface area (Å²) >= 11 is 0. The number of rotatable bonds is 4. The molecule has 0 aromatic carbocycles. The highest BCUT2D eigenvalue weighted by Crippen LogP contribution is 2.13. The van der Waals surface area contributed by atoms with Crippen LogP contribution in [0.1, 0.15) is 11.3 Å². The second-order valence-corrected chi connectivity index (χ2v) is 5.69. The molecule has 1 atom stereocenters. The van der Waals surface area contributed by atoms with Crippen LogP contribution < -0.4 is 4.74 Å². The predicted octanol–water partition coefficient (Wildman–Crippen LogP) is 1.40. The van der Waals surface area contributed by atoms with Gasteiger partial charge in [0.05, 0.1) is 19.4 Å². The number of aryl methyl sites for hydroxylation is 2. The smallest absolute Gasteiger partial charge is 0.213 e. The van der Waals surface area contributed by atoms with Crippen LogP contribution >= 0.6 is 0 Å². The van der Waals surface area contributed by atoms with Crippen LogP contribution in [0.25, 0.3) is 0 Å². The van der Waals surface area contributed by atoms with Gasteiger partial charge in [-0.25, -0.2) is 4.98 Å². The average molecular weight is 302 g/mol. The summed E-state index contributed by atoms with van der Waals surface area (Å²) in [6, 6.07) is 5.82. The van der Waals surface area contributed by atoms with E-state index in [1.807, 2.05) is 49.2 Å². The molecule has 6 nitrogen and oxygen atoms in total. The lowest BCUT2D eigenvalue weighted by atomic mass is 10.3. The summed E-state index contributed by atoms with van der Waals surface area (Å²) in [6.07, 6.45) is 3.95. The standard InChI is InChI=1S/C16H22N4O2/c1-13-4-3-5-16(18-13)22-15-11-20(6-7-21-12-15)10-14-8-17-19(2)9-14/h3-5,8-9,15H,6-7,10-12H2,1-2H3. The fourth-order valence-corrected chi connectivity index (χ4v) is 2.62. The Labute approximate surface area is 130 Å². The van der Waals surface area contributed by atoms with Crippen LogP contribution in [-0.4, -0.2) is 52.1 Å². The summed E-state index contributed by atoms with van der Waals surface area (Å²) in [7, 11) is 1.93. The van der Waals surface area contributed by atoms with Crippen LogP contribution in [-0.2, 0) is 18.3 Å². The zero-order valence-corrected chi connectivity index (χ0v) is 13.1. The third-order valence-electron chi connectivity index (χ3n) is 3.63. The van der Waals surface area contributed by atoms with Crippen molar-refractivity contribution in [3.05, 3.63) is 41.9 Å². The Balaban J connectivity index is 1.62. The first-order valence-corrected chi connectivity index (χ1v) is 7.57. The molecule has 1 saturated heterocycles. The Morgan fingerprint density at radius 2 is 2.32 bits per heavy atom. The van der Waals surface area contributed by atoms with Crippen molar-refractivity contribution in [2.75, 3.05) is 26.3 Å². The SMILES string of the molecule is Cc1cccc(OC2COCCN(Cc3cnn(C)c3)C2)n1. The van der Waals surface area contributed by atoms with Crippen molar-refractivity contribution in [3.8, 4) is 5.88 Å². The van der Waals surface area contributed by atoms with Gasteiger partial charge >= 0.3 is 0 Å². The molecule has 1 aliphatic rings. The Bertz CT molecular complexity index is 614. The van der Waals surface area contributed by atoms with E-state index in [9.17, 15) is 0 Å². The summed E-state index contributed by atoms with van der Waals surface area (Å²) < 4.78 is 13.5. The highest BCUT2D eigenvalue weighted by molar-refractivity contribution is 5.15. The minimum atomic E-state index is -0.00604. The predicted molar refractivity (Wildman–Crippen MR) is 82.7 cm³/mol. The maximum atomic E-state index is 5.99. The maximum Gasteiger partial charge on any atom is 0.213 e. The van der Waals surface area contributed by atoms with Crippen molar-refractivity contribution in [2.45, 2.75) is 19.6 Å². The third-order valence-corrected chi connectivity index (χ3v) is 3.63. The number of hydrogen-bond donors (Lipinski definition) is 0. The van der Waals surface area contributed by atoms with Crippen LogP contribution in [0.4, 0.5) is 0 Å². The van der Waals surface area contributed by atoms with E-state index >= 15 is 0 Å². The Hall–Kier alpha value is -1.92. The van der Waals surface area contributed by atoms with Gasteiger partial charge in [0, 0.05) is 50.2 Å². The molecule has 0 saturated carbocycles. The van der Waals surface area contributed by atoms with E-state index in [-0.39, 0.29) is 6.10 Å². The van der Waals surface area contributed by atoms with Crippen molar-refractivity contribution in [3.63, 3.8) is 0 Å². The summed E-state index contributed by atoms with van der Waals surface area (Å²) in [5, 5.41) is 4.22. The molecule has 2 aromatic heterocycles. The van der Waals surface area contributed by atoms with Crippen molar-refractivity contribution in [1.82, 2.24) is 19.7 Å². The molecule has 0 amide bonds. The van der Waals surface area contributed by atoms with Crippen molar-refractivity contribution in [1.29, 1.82) is 0 Å².